The lowest BCUT2D eigenvalue weighted by Crippen LogP contribution is -2.12. The van der Waals surface area contributed by atoms with Crippen LogP contribution >= 0.6 is 11.6 Å². The Balaban J connectivity index is 1.63. The van der Waals surface area contributed by atoms with Gasteiger partial charge in [0.1, 0.15) is 5.82 Å². The minimum atomic E-state index is -3.69. The summed E-state index contributed by atoms with van der Waals surface area (Å²) >= 11 is 5.78. The van der Waals surface area contributed by atoms with E-state index in [1.54, 1.807) is 42.6 Å². The molecule has 0 atom stereocenters. The number of anilines is 2. The number of hydrogen-bond donors (Lipinski definition) is 2. The molecule has 0 aliphatic carbocycles. The van der Waals surface area contributed by atoms with E-state index in [1.807, 2.05) is 0 Å². The summed E-state index contributed by atoms with van der Waals surface area (Å²) in [6.07, 6.45) is 1.55. The fourth-order valence-corrected chi connectivity index (χ4v) is 3.36. The van der Waals surface area contributed by atoms with E-state index in [0.717, 1.165) is 5.56 Å². The first kappa shape index (κ1) is 18.9. The maximum absolute atomic E-state index is 12.8. The number of rotatable bonds is 6. The Labute approximate surface area is 161 Å². The molecule has 0 spiro atoms. The van der Waals surface area contributed by atoms with E-state index >= 15 is 0 Å². The Kier molecular flexibility index (Phi) is 5.73. The van der Waals surface area contributed by atoms with Crippen LogP contribution in [-0.4, -0.2) is 14.6 Å². The molecule has 2 N–H and O–H groups in total. The summed E-state index contributed by atoms with van der Waals surface area (Å²) in [7, 11) is -3.69. The lowest BCUT2D eigenvalue weighted by atomic mass is 10.2. The van der Waals surface area contributed by atoms with Gasteiger partial charge in [-0.05, 0) is 66.2 Å². The van der Waals surface area contributed by atoms with Crippen LogP contribution in [0.3, 0.4) is 0 Å². The minimum Gasteiger partial charge on any atom is -0.280 e. The van der Waals surface area contributed by atoms with Crippen LogP contribution in [0.15, 0.2) is 82.8 Å². The first-order valence-corrected chi connectivity index (χ1v) is 9.72. The molecule has 0 bridgehead atoms. The topological polar surface area (TPSA) is 70.6 Å². The number of benzene rings is 3. The van der Waals surface area contributed by atoms with Crippen molar-refractivity contribution < 1.29 is 12.8 Å². The Hall–Kier alpha value is -2.90. The molecule has 5 nitrogen and oxygen atoms in total. The molecule has 138 valence electrons. The maximum atomic E-state index is 12.8. The van der Waals surface area contributed by atoms with E-state index in [1.165, 1.54) is 36.4 Å². The number of nitrogens with one attached hydrogen (secondary N) is 2. The Morgan fingerprint density at radius 3 is 2.07 bits per heavy atom. The second kappa shape index (κ2) is 8.20. The molecule has 0 aliphatic rings. The van der Waals surface area contributed by atoms with Gasteiger partial charge in [0.05, 0.1) is 16.8 Å². The lowest BCUT2D eigenvalue weighted by molar-refractivity contribution is 0.601. The summed E-state index contributed by atoms with van der Waals surface area (Å²) in [5.41, 5.74) is 4.65. The molecule has 0 amide bonds. The van der Waals surface area contributed by atoms with Crippen LogP contribution in [-0.2, 0) is 10.0 Å². The molecule has 8 heteroatoms. The standard InChI is InChI=1S/C19H15ClFN3O2S/c20-15-3-11-19(12-4-15)27(25,26)24-18-9-7-17(8-10-18)23-22-13-14-1-5-16(21)6-2-14/h1-13,23-24H/b22-13+. The molecule has 3 aromatic carbocycles. The summed E-state index contributed by atoms with van der Waals surface area (Å²) in [5.74, 6) is -0.309. The molecule has 0 radical (unpaired) electrons. The van der Waals surface area contributed by atoms with Gasteiger partial charge in [-0.25, -0.2) is 12.8 Å². The summed E-state index contributed by atoms with van der Waals surface area (Å²) in [4.78, 5) is 0.123. The van der Waals surface area contributed by atoms with Gasteiger partial charge in [-0.1, -0.05) is 23.7 Å². The van der Waals surface area contributed by atoms with Gasteiger partial charge in [0.15, 0.2) is 0 Å². The van der Waals surface area contributed by atoms with Gasteiger partial charge in [-0.2, -0.15) is 5.10 Å². The van der Waals surface area contributed by atoms with Crippen LogP contribution in [0.1, 0.15) is 5.56 Å². The van der Waals surface area contributed by atoms with Crippen molar-refractivity contribution >= 4 is 39.2 Å². The van der Waals surface area contributed by atoms with Gasteiger partial charge >= 0.3 is 0 Å². The van der Waals surface area contributed by atoms with Gasteiger partial charge in [0.2, 0.25) is 0 Å². The maximum Gasteiger partial charge on any atom is 0.261 e. The van der Waals surface area contributed by atoms with Gasteiger partial charge < -0.3 is 0 Å². The molecular weight excluding hydrogens is 389 g/mol. The van der Waals surface area contributed by atoms with E-state index in [0.29, 0.717) is 16.4 Å². The molecule has 0 fully saturated rings. The van der Waals surface area contributed by atoms with Crippen molar-refractivity contribution in [3.8, 4) is 0 Å². The molecule has 0 aromatic heterocycles. The zero-order valence-corrected chi connectivity index (χ0v) is 15.5. The van der Waals surface area contributed by atoms with Crippen LogP contribution in [0.25, 0.3) is 0 Å². The molecule has 0 aliphatic heterocycles. The van der Waals surface area contributed by atoms with E-state index in [2.05, 4.69) is 15.2 Å². The molecule has 0 unspecified atom stereocenters. The summed E-state index contributed by atoms with van der Waals surface area (Å²) in [6.45, 7) is 0. The van der Waals surface area contributed by atoms with E-state index in [-0.39, 0.29) is 10.7 Å². The average Bonchev–Trinajstić information content (AvgIpc) is 2.65. The van der Waals surface area contributed by atoms with Crippen LogP contribution in [0.2, 0.25) is 5.02 Å². The monoisotopic (exact) mass is 403 g/mol. The van der Waals surface area contributed by atoms with Crippen molar-refractivity contribution in [2.24, 2.45) is 5.10 Å². The van der Waals surface area contributed by atoms with E-state index in [9.17, 15) is 12.8 Å². The van der Waals surface area contributed by atoms with Gasteiger partial charge in [-0.15, -0.1) is 0 Å². The highest BCUT2D eigenvalue weighted by molar-refractivity contribution is 7.92. The summed E-state index contributed by atoms with van der Waals surface area (Å²) in [6, 6.07) is 18.4. The SMILES string of the molecule is O=S(=O)(Nc1ccc(N/N=C/c2ccc(F)cc2)cc1)c1ccc(Cl)cc1. The highest BCUT2D eigenvalue weighted by Gasteiger charge is 2.13. The zero-order chi connectivity index (χ0) is 19.3. The predicted molar refractivity (Wildman–Crippen MR) is 106 cm³/mol. The number of hydrazone groups is 1. The summed E-state index contributed by atoms with van der Waals surface area (Å²) in [5, 5.41) is 4.52. The molecule has 27 heavy (non-hydrogen) atoms. The zero-order valence-electron chi connectivity index (χ0n) is 13.9. The normalized spacial score (nSPS) is 11.5. The third-order valence-electron chi connectivity index (χ3n) is 3.54. The van der Waals surface area contributed by atoms with Crippen molar-refractivity contribution in [3.05, 3.63) is 89.2 Å². The Morgan fingerprint density at radius 1 is 0.852 bits per heavy atom. The molecule has 0 heterocycles. The first-order chi connectivity index (χ1) is 12.9. The number of hydrogen-bond acceptors (Lipinski definition) is 4. The van der Waals surface area contributed by atoms with Crippen molar-refractivity contribution in [1.29, 1.82) is 0 Å². The van der Waals surface area contributed by atoms with E-state index in [4.69, 9.17) is 11.6 Å². The van der Waals surface area contributed by atoms with E-state index < -0.39 is 10.0 Å². The molecule has 0 saturated carbocycles. The van der Waals surface area contributed by atoms with Crippen LogP contribution < -0.4 is 10.1 Å². The van der Waals surface area contributed by atoms with Crippen molar-refractivity contribution in [2.45, 2.75) is 4.90 Å². The fourth-order valence-electron chi connectivity index (χ4n) is 2.17. The number of halogens is 2. The minimum absolute atomic E-state index is 0.123. The lowest BCUT2D eigenvalue weighted by Gasteiger charge is -2.09. The summed E-state index contributed by atoms with van der Waals surface area (Å²) < 4.78 is 40.0. The van der Waals surface area contributed by atoms with Gasteiger partial charge in [0.25, 0.3) is 10.0 Å². The largest absolute Gasteiger partial charge is 0.280 e. The number of sulfonamides is 1. The fraction of sp³-hybridized carbons (Fsp3) is 0. The highest BCUT2D eigenvalue weighted by Crippen LogP contribution is 2.20. The molecule has 3 aromatic rings. The van der Waals surface area contributed by atoms with Crippen molar-refractivity contribution in [2.75, 3.05) is 10.1 Å². The molecule has 3 rings (SSSR count). The van der Waals surface area contributed by atoms with Crippen LogP contribution in [0.4, 0.5) is 15.8 Å². The van der Waals surface area contributed by atoms with Crippen LogP contribution in [0.5, 0.6) is 0 Å². The predicted octanol–water partition coefficient (Wildman–Crippen LogP) is 4.73. The second-order valence-corrected chi connectivity index (χ2v) is 7.68. The van der Waals surface area contributed by atoms with Crippen molar-refractivity contribution in [1.82, 2.24) is 0 Å². The Morgan fingerprint density at radius 2 is 1.44 bits per heavy atom. The second-order valence-electron chi connectivity index (χ2n) is 5.56. The third-order valence-corrected chi connectivity index (χ3v) is 5.19. The van der Waals surface area contributed by atoms with Crippen LogP contribution in [0, 0.1) is 5.82 Å². The van der Waals surface area contributed by atoms with Gasteiger partial charge in [-0.3, -0.25) is 10.1 Å². The quantitative estimate of drug-likeness (QED) is 0.462. The molecular formula is C19H15ClFN3O2S. The number of nitrogens with zero attached hydrogens (tertiary/aromatic N) is 1. The average molecular weight is 404 g/mol. The highest BCUT2D eigenvalue weighted by atomic mass is 35.5. The smallest absolute Gasteiger partial charge is 0.261 e. The van der Waals surface area contributed by atoms with Gasteiger partial charge in [0, 0.05) is 10.7 Å². The first-order valence-electron chi connectivity index (χ1n) is 7.85. The van der Waals surface area contributed by atoms with Crippen molar-refractivity contribution in [3.63, 3.8) is 0 Å². The Bertz CT molecular complexity index is 1040. The third kappa shape index (κ3) is 5.29. The molecule has 0 saturated heterocycles.